The maximum atomic E-state index is 10.3. The van der Waals surface area contributed by atoms with Crippen LogP contribution in [0.4, 0.5) is 0 Å². The Kier molecular flexibility index (Phi) is 3.90. The Labute approximate surface area is 109 Å². The molecule has 0 spiro atoms. The zero-order valence-corrected chi connectivity index (χ0v) is 11.2. The molecule has 0 saturated carbocycles. The molecule has 1 aliphatic heterocycles. The molecule has 1 aromatic rings. The van der Waals surface area contributed by atoms with Crippen molar-refractivity contribution in [3.63, 3.8) is 0 Å². The Morgan fingerprint density at radius 2 is 2.31 bits per heavy atom. The van der Waals surface area contributed by atoms with Crippen LogP contribution in [0.3, 0.4) is 0 Å². The standard InChI is InChI=1S/C12H14BrClO2/c13-10-3-2-9(11(14)6-10)7-12(15)4-1-5-16-8-12/h2-3,6,15H,1,4-5,7-8H2. The molecule has 1 saturated heterocycles. The number of rotatable bonds is 2. The maximum absolute atomic E-state index is 10.3. The zero-order valence-electron chi connectivity index (χ0n) is 8.88. The SMILES string of the molecule is OC1(Cc2ccc(Br)cc2Cl)CCCOC1. The third kappa shape index (κ3) is 2.98. The first-order valence-corrected chi connectivity index (χ1v) is 6.50. The molecule has 1 N–H and O–H groups in total. The van der Waals surface area contributed by atoms with Crippen LogP contribution in [0.25, 0.3) is 0 Å². The minimum Gasteiger partial charge on any atom is -0.387 e. The second kappa shape index (κ2) is 5.05. The van der Waals surface area contributed by atoms with Crippen molar-refractivity contribution < 1.29 is 9.84 Å². The lowest BCUT2D eigenvalue weighted by molar-refractivity contribution is -0.0844. The van der Waals surface area contributed by atoms with Crippen LogP contribution in [-0.4, -0.2) is 23.9 Å². The van der Waals surface area contributed by atoms with Gasteiger partial charge in [-0.1, -0.05) is 33.6 Å². The fourth-order valence-corrected chi connectivity index (χ4v) is 2.74. The van der Waals surface area contributed by atoms with Gasteiger partial charge < -0.3 is 9.84 Å². The third-order valence-corrected chi connectivity index (χ3v) is 3.68. The number of hydrogen-bond acceptors (Lipinski definition) is 2. The lowest BCUT2D eigenvalue weighted by Crippen LogP contribution is -2.40. The second-order valence-corrected chi connectivity index (χ2v) is 5.62. The molecule has 2 rings (SSSR count). The smallest absolute Gasteiger partial charge is 0.0921 e. The molecule has 2 nitrogen and oxygen atoms in total. The van der Waals surface area contributed by atoms with Crippen LogP contribution in [-0.2, 0) is 11.2 Å². The van der Waals surface area contributed by atoms with Crippen molar-refractivity contribution in [2.45, 2.75) is 24.9 Å². The van der Waals surface area contributed by atoms with Crippen molar-refractivity contribution in [1.29, 1.82) is 0 Å². The number of hydrogen-bond donors (Lipinski definition) is 1. The molecule has 1 aromatic carbocycles. The van der Waals surface area contributed by atoms with Gasteiger partial charge >= 0.3 is 0 Å². The van der Waals surface area contributed by atoms with Gasteiger partial charge in [0.2, 0.25) is 0 Å². The molecular weight excluding hydrogens is 291 g/mol. The van der Waals surface area contributed by atoms with E-state index in [1.807, 2.05) is 18.2 Å². The average molecular weight is 306 g/mol. The summed E-state index contributed by atoms with van der Waals surface area (Å²) in [7, 11) is 0. The summed E-state index contributed by atoms with van der Waals surface area (Å²) in [6, 6.07) is 5.73. The summed E-state index contributed by atoms with van der Waals surface area (Å²) in [6.45, 7) is 1.15. The van der Waals surface area contributed by atoms with Crippen molar-refractivity contribution in [1.82, 2.24) is 0 Å². The predicted molar refractivity (Wildman–Crippen MR) is 67.9 cm³/mol. The molecule has 1 aliphatic rings. The maximum Gasteiger partial charge on any atom is 0.0921 e. The van der Waals surface area contributed by atoms with Gasteiger partial charge in [-0.05, 0) is 30.5 Å². The van der Waals surface area contributed by atoms with Gasteiger partial charge in [0.05, 0.1) is 12.2 Å². The highest BCUT2D eigenvalue weighted by atomic mass is 79.9. The van der Waals surface area contributed by atoms with E-state index in [1.54, 1.807) is 0 Å². The molecule has 4 heteroatoms. The Bertz CT molecular complexity index is 375. The quantitative estimate of drug-likeness (QED) is 0.909. The van der Waals surface area contributed by atoms with Crippen molar-refractivity contribution in [3.05, 3.63) is 33.3 Å². The Morgan fingerprint density at radius 3 is 2.94 bits per heavy atom. The van der Waals surface area contributed by atoms with E-state index in [-0.39, 0.29) is 0 Å². The summed E-state index contributed by atoms with van der Waals surface area (Å²) in [5, 5.41) is 11.0. The van der Waals surface area contributed by atoms with E-state index in [4.69, 9.17) is 16.3 Å². The van der Waals surface area contributed by atoms with Gasteiger partial charge in [0.1, 0.15) is 0 Å². The molecule has 0 aliphatic carbocycles. The molecule has 1 fully saturated rings. The van der Waals surface area contributed by atoms with Gasteiger partial charge in [-0.3, -0.25) is 0 Å². The topological polar surface area (TPSA) is 29.5 Å². The van der Waals surface area contributed by atoms with E-state index in [1.165, 1.54) is 0 Å². The van der Waals surface area contributed by atoms with Crippen molar-refractivity contribution >= 4 is 27.5 Å². The average Bonchev–Trinajstić information content (AvgIpc) is 2.23. The van der Waals surface area contributed by atoms with Crippen LogP contribution in [0, 0.1) is 0 Å². The third-order valence-electron chi connectivity index (χ3n) is 2.84. The van der Waals surface area contributed by atoms with Crippen molar-refractivity contribution in [3.8, 4) is 0 Å². The molecule has 0 bridgehead atoms. The first-order valence-electron chi connectivity index (χ1n) is 5.33. The van der Waals surface area contributed by atoms with E-state index >= 15 is 0 Å². The first-order chi connectivity index (χ1) is 7.59. The van der Waals surface area contributed by atoms with Gasteiger partial charge in [0.25, 0.3) is 0 Å². The predicted octanol–water partition coefficient (Wildman–Crippen LogP) is 3.19. The van der Waals surface area contributed by atoms with Crippen LogP contribution in [0.1, 0.15) is 18.4 Å². The summed E-state index contributed by atoms with van der Waals surface area (Å²) in [5.41, 5.74) is 0.216. The van der Waals surface area contributed by atoms with E-state index in [9.17, 15) is 5.11 Å². The largest absolute Gasteiger partial charge is 0.387 e. The molecule has 0 amide bonds. The van der Waals surface area contributed by atoms with E-state index in [0.29, 0.717) is 18.1 Å². The Balaban J connectivity index is 2.13. The van der Waals surface area contributed by atoms with Crippen LogP contribution in [0.15, 0.2) is 22.7 Å². The van der Waals surface area contributed by atoms with Crippen molar-refractivity contribution in [2.24, 2.45) is 0 Å². The van der Waals surface area contributed by atoms with Gasteiger partial charge in [-0.15, -0.1) is 0 Å². The molecule has 1 unspecified atom stereocenters. The highest BCUT2D eigenvalue weighted by molar-refractivity contribution is 9.10. The second-order valence-electron chi connectivity index (χ2n) is 4.29. The van der Waals surface area contributed by atoms with Gasteiger partial charge in [0, 0.05) is 22.5 Å². The van der Waals surface area contributed by atoms with E-state index in [2.05, 4.69) is 15.9 Å². The summed E-state index contributed by atoms with van der Waals surface area (Å²) in [6.07, 6.45) is 2.24. The number of ether oxygens (including phenoxy) is 1. The normalized spacial score (nSPS) is 25.7. The fraction of sp³-hybridized carbons (Fsp3) is 0.500. The summed E-state index contributed by atoms with van der Waals surface area (Å²) in [4.78, 5) is 0. The Hall–Kier alpha value is -0.0900. The van der Waals surface area contributed by atoms with Gasteiger partial charge in [-0.25, -0.2) is 0 Å². The molecular formula is C12H14BrClO2. The highest BCUT2D eigenvalue weighted by Gasteiger charge is 2.30. The van der Waals surface area contributed by atoms with Crippen LogP contribution in [0.2, 0.25) is 5.02 Å². The minimum atomic E-state index is -0.754. The number of benzene rings is 1. The Morgan fingerprint density at radius 1 is 1.50 bits per heavy atom. The van der Waals surface area contributed by atoms with Crippen LogP contribution < -0.4 is 0 Å². The van der Waals surface area contributed by atoms with Crippen LogP contribution in [0.5, 0.6) is 0 Å². The lowest BCUT2D eigenvalue weighted by Gasteiger charge is -2.32. The molecule has 1 heterocycles. The van der Waals surface area contributed by atoms with Crippen LogP contribution >= 0.6 is 27.5 Å². The zero-order chi connectivity index (χ0) is 11.6. The highest BCUT2D eigenvalue weighted by Crippen LogP contribution is 2.28. The number of aliphatic hydroxyl groups is 1. The van der Waals surface area contributed by atoms with Gasteiger partial charge in [-0.2, -0.15) is 0 Å². The lowest BCUT2D eigenvalue weighted by atomic mass is 9.89. The van der Waals surface area contributed by atoms with E-state index in [0.717, 1.165) is 29.5 Å². The molecule has 88 valence electrons. The molecule has 16 heavy (non-hydrogen) atoms. The monoisotopic (exact) mass is 304 g/mol. The molecule has 0 aromatic heterocycles. The molecule has 1 atom stereocenters. The summed E-state index contributed by atoms with van der Waals surface area (Å²) >= 11 is 9.49. The summed E-state index contributed by atoms with van der Waals surface area (Å²) < 4.78 is 6.27. The first kappa shape index (κ1) is 12.4. The van der Waals surface area contributed by atoms with E-state index < -0.39 is 5.60 Å². The summed E-state index contributed by atoms with van der Waals surface area (Å²) in [5.74, 6) is 0. The van der Waals surface area contributed by atoms with Crippen molar-refractivity contribution in [2.75, 3.05) is 13.2 Å². The number of halogens is 2. The molecule has 0 radical (unpaired) electrons. The van der Waals surface area contributed by atoms with Gasteiger partial charge in [0.15, 0.2) is 0 Å². The fourth-order valence-electron chi connectivity index (χ4n) is 2.00. The minimum absolute atomic E-state index is 0.402.